The summed E-state index contributed by atoms with van der Waals surface area (Å²) in [5.74, 6) is 0. The van der Waals surface area contributed by atoms with Crippen molar-refractivity contribution in [1.29, 1.82) is 0 Å². The lowest BCUT2D eigenvalue weighted by Crippen LogP contribution is -2.43. The third-order valence-electron chi connectivity index (χ3n) is 3.32. The third kappa shape index (κ3) is 4.73. The topological polar surface area (TPSA) is 66.6 Å². The first kappa shape index (κ1) is 17.7. The standard InChI is InChI=1S/C10H17N3O2.2C2H6/c11-9(14)13-7-6-12(10(13)15)8-4-2-1-3-5-8;2*1-2/h8H,1-7H2,(H2,11,14);2*1-2H3. The van der Waals surface area contributed by atoms with E-state index in [0.29, 0.717) is 19.1 Å². The summed E-state index contributed by atoms with van der Waals surface area (Å²) in [7, 11) is 0. The highest BCUT2D eigenvalue weighted by molar-refractivity contribution is 5.94. The lowest BCUT2D eigenvalue weighted by atomic mass is 9.94. The summed E-state index contributed by atoms with van der Waals surface area (Å²) in [4.78, 5) is 25.7. The molecule has 2 fully saturated rings. The van der Waals surface area contributed by atoms with E-state index in [-0.39, 0.29) is 6.03 Å². The molecular formula is C14H29N3O2. The Morgan fingerprint density at radius 3 is 2.00 bits per heavy atom. The Balaban J connectivity index is 0.000000741. The van der Waals surface area contributed by atoms with Crippen molar-refractivity contribution in [2.24, 2.45) is 5.73 Å². The molecule has 0 radical (unpaired) electrons. The van der Waals surface area contributed by atoms with Crippen LogP contribution in [0.4, 0.5) is 9.59 Å². The zero-order chi connectivity index (χ0) is 14.8. The quantitative estimate of drug-likeness (QED) is 0.796. The number of hydrogen-bond donors (Lipinski definition) is 1. The predicted octanol–water partition coefficient (Wildman–Crippen LogP) is 3.19. The van der Waals surface area contributed by atoms with E-state index in [9.17, 15) is 9.59 Å². The molecule has 112 valence electrons. The van der Waals surface area contributed by atoms with Crippen LogP contribution in [0.3, 0.4) is 0 Å². The van der Waals surface area contributed by atoms with Crippen LogP contribution in [0.15, 0.2) is 0 Å². The van der Waals surface area contributed by atoms with Gasteiger partial charge in [0.25, 0.3) is 0 Å². The van der Waals surface area contributed by atoms with Crippen LogP contribution in [0.1, 0.15) is 59.8 Å². The molecule has 1 saturated carbocycles. The molecule has 0 spiro atoms. The van der Waals surface area contributed by atoms with Gasteiger partial charge in [-0.05, 0) is 12.8 Å². The van der Waals surface area contributed by atoms with Crippen molar-refractivity contribution in [2.75, 3.05) is 13.1 Å². The Morgan fingerprint density at radius 2 is 1.58 bits per heavy atom. The summed E-state index contributed by atoms with van der Waals surface area (Å²) in [6, 6.07) is -0.497. The lowest BCUT2D eigenvalue weighted by Gasteiger charge is -2.30. The van der Waals surface area contributed by atoms with E-state index in [1.165, 1.54) is 19.3 Å². The number of urea groups is 2. The third-order valence-corrected chi connectivity index (χ3v) is 3.32. The fourth-order valence-corrected chi connectivity index (χ4v) is 2.49. The Hall–Kier alpha value is -1.26. The SMILES string of the molecule is CC.CC.NC(=O)N1CCN(C2CCCCC2)C1=O. The summed E-state index contributed by atoms with van der Waals surface area (Å²) in [5, 5.41) is 0. The summed E-state index contributed by atoms with van der Waals surface area (Å²) in [5.41, 5.74) is 5.12. The fourth-order valence-electron chi connectivity index (χ4n) is 2.49. The van der Waals surface area contributed by atoms with E-state index in [0.717, 1.165) is 17.7 Å². The number of rotatable bonds is 1. The molecular weight excluding hydrogens is 242 g/mol. The average molecular weight is 271 g/mol. The van der Waals surface area contributed by atoms with Crippen molar-refractivity contribution in [3.05, 3.63) is 0 Å². The molecule has 1 saturated heterocycles. The van der Waals surface area contributed by atoms with E-state index in [1.54, 1.807) is 0 Å². The molecule has 5 heteroatoms. The first-order valence-corrected chi connectivity index (χ1v) is 7.57. The normalized spacial score (nSPS) is 19.3. The van der Waals surface area contributed by atoms with Gasteiger partial charge < -0.3 is 10.6 Å². The Labute approximate surface area is 117 Å². The van der Waals surface area contributed by atoms with Crippen LogP contribution in [-0.4, -0.2) is 41.0 Å². The first-order chi connectivity index (χ1) is 9.20. The summed E-state index contributed by atoms with van der Waals surface area (Å²) in [6.45, 7) is 9.09. The number of imide groups is 1. The zero-order valence-electron chi connectivity index (χ0n) is 12.8. The van der Waals surface area contributed by atoms with E-state index in [1.807, 2.05) is 32.6 Å². The molecule has 2 rings (SSSR count). The number of carbonyl (C=O) groups excluding carboxylic acids is 2. The number of nitrogens with two attached hydrogens (primary N) is 1. The van der Waals surface area contributed by atoms with Crippen molar-refractivity contribution < 1.29 is 9.59 Å². The van der Waals surface area contributed by atoms with Crippen LogP contribution in [0, 0.1) is 0 Å². The minimum atomic E-state index is -0.627. The van der Waals surface area contributed by atoms with Gasteiger partial charge in [0.2, 0.25) is 0 Å². The molecule has 1 heterocycles. The highest BCUT2D eigenvalue weighted by Gasteiger charge is 2.36. The molecule has 1 aliphatic carbocycles. The molecule has 5 nitrogen and oxygen atoms in total. The van der Waals surface area contributed by atoms with Crippen LogP contribution in [0.2, 0.25) is 0 Å². The van der Waals surface area contributed by atoms with Gasteiger partial charge in [-0.1, -0.05) is 47.0 Å². The van der Waals surface area contributed by atoms with E-state index < -0.39 is 6.03 Å². The largest absolute Gasteiger partial charge is 0.351 e. The number of amides is 4. The number of nitrogens with zero attached hydrogens (tertiary/aromatic N) is 2. The van der Waals surface area contributed by atoms with Gasteiger partial charge in [0, 0.05) is 19.1 Å². The van der Waals surface area contributed by atoms with Gasteiger partial charge in [0.1, 0.15) is 0 Å². The molecule has 2 N–H and O–H groups in total. The van der Waals surface area contributed by atoms with Gasteiger partial charge in [-0.15, -0.1) is 0 Å². The maximum atomic E-state index is 11.8. The molecule has 0 aromatic heterocycles. The molecule has 0 bridgehead atoms. The molecule has 2 aliphatic rings. The Morgan fingerprint density at radius 1 is 1.05 bits per heavy atom. The molecule has 0 aromatic rings. The molecule has 19 heavy (non-hydrogen) atoms. The Bertz CT molecular complexity index is 276. The highest BCUT2D eigenvalue weighted by Crippen LogP contribution is 2.25. The minimum Gasteiger partial charge on any atom is -0.351 e. The summed E-state index contributed by atoms with van der Waals surface area (Å²) in [6.07, 6.45) is 5.77. The monoisotopic (exact) mass is 271 g/mol. The zero-order valence-corrected chi connectivity index (χ0v) is 12.8. The van der Waals surface area contributed by atoms with Crippen LogP contribution in [-0.2, 0) is 0 Å². The Kier molecular flexibility index (Phi) is 9.00. The van der Waals surface area contributed by atoms with Gasteiger partial charge in [-0.25, -0.2) is 14.5 Å². The summed E-state index contributed by atoms with van der Waals surface area (Å²) < 4.78 is 0. The van der Waals surface area contributed by atoms with E-state index in [4.69, 9.17) is 5.73 Å². The van der Waals surface area contributed by atoms with Crippen LogP contribution < -0.4 is 5.73 Å². The van der Waals surface area contributed by atoms with Crippen molar-refractivity contribution in [1.82, 2.24) is 9.80 Å². The maximum Gasteiger partial charge on any atom is 0.328 e. The summed E-state index contributed by atoms with van der Waals surface area (Å²) >= 11 is 0. The second kappa shape index (κ2) is 9.64. The van der Waals surface area contributed by atoms with Gasteiger partial charge in [-0.2, -0.15) is 0 Å². The number of primary amides is 1. The molecule has 0 unspecified atom stereocenters. The van der Waals surface area contributed by atoms with Gasteiger partial charge in [0.05, 0.1) is 0 Å². The van der Waals surface area contributed by atoms with Gasteiger partial charge in [0.15, 0.2) is 0 Å². The number of carbonyl (C=O) groups is 2. The van der Waals surface area contributed by atoms with Crippen LogP contribution in [0.5, 0.6) is 0 Å². The van der Waals surface area contributed by atoms with Crippen molar-refractivity contribution in [3.8, 4) is 0 Å². The number of hydrogen-bond acceptors (Lipinski definition) is 2. The van der Waals surface area contributed by atoms with Crippen molar-refractivity contribution in [3.63, 3.8) is 0 Å². The van der Waals surface area contributed by atoms with Crippen molar-refractivity contribution in [2.45, 2.75) is 65.8 Å². The van der Waals surface area contributed by atoms with Gasteiger partial charge in [-0.3, -0.25) is 0 Å². The van der Waals surface area contributed by atoms with Gasteiger partial charge >= 0.3 is 12.1 Å². The highest BCUT2D eigenvalue weighted by atomic mass is 16.2. The minimum absolute atomic E-state index is 0.200. The fraction of sp³-hybridized carbons (Fsp3) is 0.857. The van der Waals surface area contributed by atoms with E-state index >= 15 is 0 Å². The molecule has 1 aliphatic heterocycles. The second-order valence-corrected chi connectivity index (χ2v) is 4.26. The lowest BCUT2D eigenvalue weighted by molar-refractivity contribution is 0.164. The van der Waals surface area contributed by atoms with Crippen LogP contribution >= 0.6 is 0 Å². The smallest absolute Gasteiger partial charge is 0.328 e. The average Bonchev–Trinajstić information content (AvgIpc) is 2.86. The van der Waals surface area contributed by atoms with Crippen LogP contribution in [0.25, 0.3) is 0 Å². The van der Waals surface area contributed by atoms with Crippen molar-refractivity contribution >= 4 is 12.1 Å². The molecule has 4 amide bonds. The first-order valence-electron chi connectivity index (χ1n) is 7.57. The maximum absolute atomic E-state index is 11.8. The second-order valence-electron chi connectivity index (χ2n) is 4.26. The molecule has 0 aromatic carbocycles. The predicted molar refractivity (Wildman–Crippen MR) is 78.0 cm³/mol. The van der Waals surface area contributed by atoms with E-state index in [2.05, 4.69) is 0 Å². The molecule has 0 atom stereocenters.